The summed E-state index contributed by atoms with van der Waals surface area (Å²) in [5.74, 6) is -0.0693. The van der Waals surface area contributed by atoms with Gasteiger partial charge in [-0.3, -0.25) is 4.79 Å². The summed E-state index contributed by atoms with van der Waals surface area (Å²) in [5.41, 5.74) is 0.711. The zero-order chi connectivity index (χ0) is 12.4. The van der Waals surface area contributed by atoms with E-state index in [-0.39, 0.29) is 17.9 Å². The fraction of sp³-hybridized carbons (Fsp3) is 0.417. The molecule has 1 N–H and O–H groups in total. The summed E-state index contributed by atoms with van der Waals surface area (Å²) < 4.78 is 6.19. The van der Waals surface area contributed by atoms with Crippen molar-refractivity contribution in [2.45, 2.75) is 19.4 Å². The van der Waals surface area contributed by atoms with Crippen LogP contribution in [0.5, 0.6) is 0 Å². The number of halogens is 2. The number of benzene rings is 1. The largest absolute Gasteiger partial charge is 0.378 e. The highest BCUT2D eigenvalue weighted by atomic mass is 79.9. The van der Waals surface area contributed by atoms with E-state index in [0.717, 1.165) is 10.9 Å². The third kappa shape index (κ3) is 3.21. The van der Waals surface area contributed by atoms with E-state index in [1.54, 1.807) is 6.07 Å². The van der Waals surface area contributed by atoms with Gasteiger partial charge in [-0.05, 0) is 47.5 Å². The summed E-state index contributed by atoms with van der Waals surface area (Å²) in [6.07, 6.45) is 0.940. The van der Waals surface area contributed by atoms with Gasteiger partial charge in [0.1, 0.15) is 0 Å². The van der Waals surface area contributed by atoms with Crippen molar-refractivity contribution in [1.29, 1.82) is 0 Å². The minimum absolute atomic E-state index is 0.00672. The number of anilines is 1. The molecule has 2 unspecified atom stereocenters. The third-order valence-electron chi connectivity index (χ3n) is 2.76. The molecule has 0 saturated carbocycles. The first kappa shape index (κ1) is 12.9. The van der Waals surface area contributed by atoms with Gasteiger partial charge in [0.2, 0.25) is 5.91 Å². The highest BCUT2D eigenvalue weighted by Crippen LogP contribution is 2.26. The van der Waals surface area contributed by atoms with Gasteiger partial charge in [0.05, 0.1) is 23.7 Å². The van der Waals surface area contributed by atoms with Crippen LogP contribution in [0.1, 0.15) is 13.3 Å². The second kappa shape index (κ2) is 5.38. The molecule has 92 valence electrons. The molecule has 0 radical (unpaired) electrons. The van der Waals surface area contributed by atoms with Crippen molar-refractivity contribution >= 4 is 39.1 Å². The van der Waals surface area contributed by atoms with Crippen molar-refractivity contribution in [3.63, 3.8) is 0 Å². The molecule has 1 fully saturated rings. The van der Waals surface area contributed by atoms with E-state index in [2.05, 4.69) is 21.2 Å². The Morgan fingerprint density at radius 2 is 2.35 bits per heavy atom. The number of hydrogen-bond acceptors (Lipinski definition) is 2. The van der Waals surface area contributed by atoms with Gasteiger partial charge in [0, 0.05) is 10.2 Å². The zero-order valence-corrected chi connectivity index (χ0v) is 11.7. The lowest BCUT2D eigenvalue weighted by atomic mass is 10.1. The average molecular weight is 319 g/mol. The van der Waals surface area contributed by atoms with E-state index in [4.69, 9.17) is 16.3 Å². The number of rotatable bonds is 2. The molecule has 1 saturated heterocycles. The Morgan fingerprint density at radius 3 is 2.94 bits per heavy atom. The lowest BCUT2D eigenvalue weighted by molar-refractivity contribution is -0.119. The zero-order valence-electron chi connectivity index (χ0n) is 9.37. The Morgan fingerprint density at radius 1 is 1.59 bits per heavy atom. The molecule has 1 aromatic carbocycles. The van der Waals surface area contributed by atoms with Gasteiger partial charge in [-0.2, -0.15) is 0 Å². The molecule has 1 heterocycles. The second-order valence-corrected chi connectivity index (χ2v) is 5.46. The standard InChI is InChI=1S/C12H13BrClNO2/c1-7-4-8(6-17-7)12(16)15-9-2-3-10(13)11(14)5-9/h2-3,5,7-8H,4,6H2,1H3,(H,15,16). The van der Waals surface area contributed by atoms with Crippen molar-refractivity contribution < 1.29 is 9.53 Å². The Balaban J connectivity index is 2.00. The van der Waals surface area contributed by atoms with Crippen LogP contribution in [0.25, 0.3) is 0 Å². The number of ether oxygens (including phenoxy) is 1. The van der Waals surface area contributed by atoms with E-state index < -0.39 is 0 Å². The maximum atomic E-state index is 11.9. The first-order chi connectivity index (χ1) is 8.06. The van der Waals surface area contributed by atoms with E-state index >= 15 is 0 Å². The molecule has 5 heteroatoms. The predicted molar refractivity (Wildman–Crippen MR) is 71.3 cm³/mol. The van der Waals surface area contributed by atoms with Gasteiger partial charge in [-0.1, -0.05) is 11.6 Å². The van der Waals surface area contributed by atoms with Crippen LogP contribution in [0.3, 0.4) is 0 Å². The first-order valence-corrected chi connectivity index (χ1v) is 6.61. The summed E-state index contributed by atoms with van der Waals surface area (Å²) in [6.45, 7) is 2.47. The fourth-order valence-electron chi connectivity index (χ4n) is 1.82. The molecule has 0 aromatic heterocycles. The van der Waals surface area contributed by atoms with Crippen LogP contribution in [0.2, 0.25) is 5.02 Å². The van der Waals surface area contributed by atoms with Crippen molar-refractivity contribution in [2.24, 2.45) is 5.92 Å². The smallest absolute Gasteiger partial charge is 0.229 e. The number of carbonyl (C=O) groups is 1. The molecule has 17 heavy (non-hydrogen) atoms. The van der Waals surface area contributed by atoms with Crippen LogP contribution >= 0.6 is 27.5 Å². The Kier molecular flexibility index (Phi) is 4.07. The van der Waals surface area contributed by atoms with Crippen LogP contribution < -0.4 is 5.32 Å². The lowest BCUT2D eigenvalue weighted by Gasteiger charge is -2.10. The summed E-state index contributed by atoms with van der Waals surface area (Å²) in [6, 6.07) is 5.35. The van der Waals surface area contributed by atoms with Crippen molar-refractivity contribution in [1.82, 2.24) is 0 Å². The van der Waals surface area contributed by atoms with Gasteiger partial charge in [-0.25, -0.2) is 0 Å². The molecule has 0 aliphatic carbocycles. The maximum Gasteiger partial charge on any atom is 0.229 e. The second-order valence-electron chi connectivity index (χ2n) is 4.19. The highest BCUT2D eigenvalue weighted by molar-refractivity contribution is 9.10. The number of carbonyl (C=O) groups excluding carboxylic acids is 1. The van der Waals surface area contributed by atoms with Crippen molar-refractivity contribution in [3.8, 4) is 0 Å². The van der Waals surface area contributed by atoms with Gasteiger partial charge >= 0.3 is 0 Å². The molecule has 0 spiro atoms. The highest BCUT2D eigenvalue weighted by Gasteiger charge is 2.28. The number of hydrogen-bond donors (Lipinski definition) is 1. The third-order valence-corrected chi connectivity index (χ3v) is 3.99. The molecule has 1 aromatic rings. The molecular formula is C12H13BrClNO2. The number of amides is 1. The molecule has 2 rings (SSSR count). The summed E-state index contributed by atoms with van der Waals surface area (Å²) in [5, 5.41) is 3.43. The quantitative estimate of drug-likeness (QED) is 0.907. The van der Waals surface area contributed by atoms with Crippen LogP contribution in [-0.2, 0) is 9.53 Å². The van der Waals surface area contributed by atoms with Gasteiger partial charge < -0.3 is 10.1 Å². The van der Waals surface area contributed by atoms with Crippen molar-refractivity contribution in [2.75, 3.05) is 11.9 Å². The molecule has 0 bridgehead atoms. The van der Waals surface area contributed by atoms with Crippen molar-refractivity contribution in [3.05, 3.63) is 27.7 Å². The van der Waals surface area contributed by atoms with Crippen LogP contribution in [0, 0.1) is 5.92 Å². The monoisotopic (exact) mass is 317 g/mol. The minimum atomic E-state index is -0.0626. The van der Waals surface area contributed by atoms with Crippen LogP contribution in [-0.4, -0.2) is 18.6 Å². The van der Waals surface area contributed by atoms with Gasteiger partial charge in [0.25, 0.3) is 0 Å². The molecule has 1 amide bonds. The van der Waals surface area contributed by atoms with E-state index in [1.807, 2.05) is 19.1 Å². The summed E-state index contributed by atoms with van der Waals surface area (Å²) in [7, 11) is 0. The fourth-order valence-corrected chi connectivity index (χ4v) is 2.25. The van der Waals surface area contributed by atoms with E-state index in [1.165, 1.54) is 0 Å². The summed E-state index contributed by atoms with van der Waals surface area (Å²) >= 11 is 9.26. The SMILES string of the molecule is CC1CC(C(=O)Nc2ccc(Br)c(Cl)c2)CO1. The molecule has 1 aliphatic rings. The topological polar surface area (TPSA) is 38.3 Å². The van der Waals surface area contributed by atoms with Gasteiger partial charge in [-0.15, -0.1) is 0 Å². The summed E-state index contributed by atoms with van der Waals surface area (Å²) in [4.78, 5) is 11.9. The van der Waals surface area contributed by atoms with Crippen LogP contribution in [0.15, 0.2) is 22.7 Å². The molecular weight excluding hydrogens is 305 g/mol. The normalized spacial score (nSPS) is 23.7. The average Bonchev–Trinajstić information content (AvgIpc) is 2.70. The van der Waals surface area contributed by atoms with Crippen LogP contribution in [0.4, 0.5) is 5.69 Å². The Labute approximate surface area is 114 Å². The van der Waals surface area contributed by atoms with E-state index in [9.17, 15) is 4.79 Å². The predicted octanol–water partition coefficient (Wildman–Crippen LogP) is 3.47. The lowest BCUT2D eigenvalue weighted by Crippen LogP contribution is -2.22. The maximum absolute atomic E-state index is 11.9. The first-order valence-electron chi connectivity index (χ1n) is 5.44. The number of nitrogens with one attached hydrogen (secondary N) is 1. The molecule has 1 aliphatic heterocycles. The Bertz CT molecular complexity index is 439. The van der Waals surface area contributed by atoms with E-state index in [0.29, 0.717) is 17.3 Å². The molecule has 3 nitrogen and oxygen atoms in total. The minimum Gasteiger partial charge on any atom is -0.378 e. The molecule has 2 atom stereocenters. The Hall–Kier alpha value is -0.580. The van der Waals surface area contributed by atoms with Gasteiger partial charge in [0.15, 0.2) is 0 Å².